The molecule has 0 atom stereocenters. The Labute approximate surface area is 658 Å². The summed E-state index contributed by atoms with van der Waals surface area (Å²) < 4.78 is 16.4. The Bertz CT molecular complexity index is 4420. The lowest BCUT2D eigenvalue weighted by Gasteiger charge is -2.05. The number of esters is 2. The van der Waals surface area contributed by atoms with Gasteiger partial charge in [-0.1, -0.05) is 130 Å². The molecule has 0 bridgehead atoms. The Morgan fingerprint density at radius 2 is 0.760 bits per heavy atom. The first-order valence-corrected chi connectivity index (χ1v) is 39.8. The fourth-order valence-corrected chi connectivity index (χ4v) is 15.7. The summed E-state index contributed by atoms with van der Waals surface area (Å²) in [5, 5.41) is 30.7. The second kappa shape index (κ2) is 48.6. The molecule has 0 fully saturated rings. The molecule has 16 nitrogen and oxygen atoms in total. The minimum Gasteiger partial charge on any atom is -0.477 e. The highest BCUT2D eigenvalue weighted by molar-refractivity contribution is 9.11. The van der Waals surface area contributed by atoms with Gasteiger partial charge in [0.1, 0.15) is 24.6 Å². The molecule has 0 spiro atoms. The number of carboxylic acid groups (broad SMARTS) is 1. The molecule has 556 valence electrons. The Kier molecular flexibility index (Phi) is 41.6. The number of aryl methyl sites for hydroxylation is 2. The van der Waals surface area contributed by atoms with Crippen LogP contribution in [0.3, 0.4) is 0 Å². The SMILES string of the molecule is C.CC1=Cc2ccccc2C1.CC1=Cc2ccccc2C1.CCCNC(=O)c1ccc(-n2c(C)cc3ccccc32)s1.CCCNC(=O)c1ccc(Br)s1.CNCCNC.CNCCNC.COC(=O)c1ccc(-n2c(C)cc3ccccc32)s1.COC(=O)c1ccc(Br)s1.O=C(O)c1ccc(Br)s1. The molecule has 24 heteroatoms. The van der Waals surface area contributed by atoms with Gasteiger partial charge in [-0.2, -0.15) is 0 Å². The average Bonchev–Trinajstić information content (AvgIpc) is 1.64. The highest BCUT2D eigenvalue weighted by Gasteiger charge is 2.16. The van der Waals surface area contributed by atoms with E-state index in [1.807, 2.05) is 95.8 Å². The largest absolute Gasteiger partial charge is 0.477 e. The number of fused-ring (bicyclic) bond motifs is 4. The molecule has 7 aromatic heterocycles. The molecule has 4 aromatic carbocycles. The van der Waals surface area contributed by atoms with Gasteiger partial charge >= 0.3 is 17.9 Å². The van der Waals surface area contributed by atoms with Crippen molar-refractivity contribution in [2.75, 3.05) is 81.7 Å². The van der Waals surface area contributed by atoms with Crippen molar-refractivity contribution >= 4 is 168 Å². The van der Waals surface area contributed by atoms with Crippen LogP contribution < -0.4 is 31.9 Å². The fourth-order valence-electron chi connectivity index (χ4n) is 9.85. The summed E-state index contributed by atoms with van der Waals surface area (Å²) in [6.45, 7) is 18.3. The van der Waals surface area contributed by atoms with Crippen LogP contribution in [0.15, 0.2) is 192 Å². The number of thiophene rings is 5. The van der Waals surface area contributed by atoms with Crippen molar-refractivity contribution in [1.82, 2.24) is 41.0 Å². The van der Waals surface area contributed by atoms with Gasteiger partial charge in [0.05, 0.1) is 46.4 Å². The predicted octanol–water partition coefficient (Wildman–Crippen LogP) is 19.9. The smallest absolute Gasteiger partial charge is 0.348 e. The number of para-hydroxylation sites is 2. The van der Waals surface area contributed by atoms with Gasteiger partial charge in [0, 0.05) is 61.4 Å². The average molecular weight is 1700 g/mol. The van der Waals surface area contributed by atoms with Crippen LogP contribution in [0.4, 0.5) is 0 Å². The van der Waals surface area contributed by atoms with Gasteiger partial charge in [-0.25, -0.2) is 14.4 Å². The van der Waals surface area contributed by atoms with Gasteiger partial charge in [0.15, 0.2) is 0 Å². The maximum Gasteiger partial charge on any atom is 0.348 e. The number of carboxylic acids is 1. The molecule has 0 aliphatic heterocycles. The number of hydrogen-bond acceptors (Lipinski definition) is 16. The van der Waals surface area contributed by atoms with Gasteiger partial charge in [0.25, 0.3) is 11.8 Å². The Morgan fingerprint density at radius 1 is 0.433 bits per heavy atom. The number of halogens is 3. The number of ether oxygens (including phenoxy) is 2. The van der Waals surface area contributed by atoms with Crippen LogP contribution in [0.5, 0.6) is 0 Å². The maximum absolute atomic E-state index is 12.0. The molecule has 11 aromatic rings. The molecule has 7 heterocycles. The molecule has 0 unspecified atom stereocenters. The second-order valence-electron chi connectivity index (χ2n) is 22.9. The normalized spacial score (nSPS) is 10.9. The predicted molar refractivity (Wildman–Crippen MR) is 453 cm³/mol. The van der Waals surface area contributed by atoms with E-state index in [2.05, 4.69) is 225 Å². The number of rotatable bonds is 17. The summed E-state index contributed by atoms with van der Waals surface area (Å²) in [6, 6.07) is 56.2. The number of benzene rings is 4. The Balaban J connectivity index is 0.000000255. The first kappa shape index (κ1) is 89.0. The summed E-state index contributed by atoms with van der Waals surface area (Å²) >= 11 is 16.7. The van der Waals surface area contributed by atoms with Crippen molar-refractivity contribution in [3.05, 3.63) is 250 Å². The van der Waals surface area contributed by atoms with Crippen molar-refractivity contribution in [1.29, 1.82) is 0 Å². The fraction of sp³-hybridized carbons (Fsp3) is 0.287. The van der Waals surface area contributed by atoms with Gasteiger partial charge in [0.2, 0.25) is 0 Å². The lowest BCUT2D eigenvalue weighted by atomic mass is 10.1. The molecule has 7 N–H and O–H groups in total. The molecular weight excluding hydrogens is 1600 g/mol. The van der Waals surface area contributed by atoms with E-state index in [0.29, 0.717) is 14.6 Å². The number of amides is 2. The third-order valence-corrected chi connectivity index (χ3v) is 21.7. The summed E-state index contributed by atoms with van der Waals surface area (Å²) in [7, 11) is 10.5. The molecule has 0 saturated carbocycles. The number of allylic oxidation sites excluding steroid dienone is 2. The molecule has 2 aliphatic carbocycles. The highest BCUT2D eigenvalue weighted by atomic mass is 79.9. The van der Waals surface area contributed by atoms with E-state index in [9.17, 15) is 24.0 Å². The summed E-state index contributed by atoms with van der Waals surface area (Å²) in [5.41, 5.74) is 13.4. The van der Waals surface area contributed by atoms with E-state index in [1.165, 1.54) is 126 Å². The Morgan fingerprint density at radius 3 is 1.11 bits per heavy atom. The number of aromatic nitrogens is 2. The molecule has 0 radical (unpaired) electrons. The molecule has 104 heavy (non-hydrogen) atoms. The van der Waals surface area contributed by atoms with E-state index in [1.54, 1.807) is 24.3 Å². The van der Waals surface area contributed by atoms with Crippen molar-refractivity contribution in [3.8, 4) is 10.0 Å². The van der Waals surface area contributed by atoms with E-state index < -0.39 is 5.97 Å². The molecule has 13 rings (SSSR count). The van der Waals surface area contributed by atoms with Gasteiger partial charge in [-0.05, 0) is 237 Å². The highest BCUT2D eigenvalue weighted by Crippen LogP contribution is 2.32. The first-order chi connectivity index (χ1) is 49.6. The topological polar surface area (TPSA) is 206 Å². The van der Waals surface area contributed by atoms with Crippen LogP contribution in [0.1, 0.15) is 130 Å². The summed E-state index contributed by atoms with van der Waals surface area (Å²) in [4.78, 5) is 59.0. The second-order valence-corrected chi connectivity index (χ2v) is 32.4. The number of carbonyl (C=O) groups excluding carboxylic acids is 4. The van der Waals surface area contributed by atoms with E-state index in [0.717, 1.165) is 107 Å². The molecule has 2 aliphatic rings. The van der Waals surface area contributed by atoms with Crippen LogP contribution in [0.25, 0.3) is 44.0 Å². The minimum atomic E-state index is -0.870. The van der Waals surface area contributed by atoms with Gasteiger partial charge in [-0.15, -0.1) is 56.7 Å². The number of nitrogens with zero attached hydrogens (tertiary/aromatic N) is 2. The van der Waals surface area contributed by atoms with E-state index in [-0.39, 0.29) is 31.2 Å². The van der Waals surface area contributed by atoms with Crippen molar-refractivity contribution in [3.63, 3.8) is 0 Å². The van der Waals surface area contributed by atoms with E-state index >= 15 is 0 Å². The zero-order valence-electron chi connectivity index (χ0n) is 60.3. The lowest BCUT2D eigenvalue weighted by Crippen LogP contribution is -2.22. The number of methoxy groups -OCH3 is 2. The first-order valence-electron chi connectivity index (χ1n) is 33.3. The minimum absolute atomic E-state index is 0. The van der Waals surface area contributed by atoms with Crippen molar-refractivity contribution < 1.29 is 38.6 Å². The zero-order chi connectivity index (χ0) is 75.2. The van der Waals surface area contributed by atoms with Crippen LogP contribution in [0, 0.1) is 13.8 Å². The number of nitrogens with one attached hydrogen (secondary N) is 6. The quantitative estimate of drug-likeness (QED) is 0.0336. The number of aromatic carboxylic acids is 1. The number of carbonyl (C=O) groups is 5. The maximum atomic E-state index is 12.0. The van der Waals surface area contributed by atoms with Crippen LogP contribution in [0.2, 0.25) is 0 Å². The van der Waals surface area contributed by atoms with Crippen molar-refractivity contribution in [2.24, 2.45) is 0 Å². The standard InChI is InChI=1S/C17H18N2OS.C15H13NO2S.2C10H10.C8H10BrNOS.C6H5BrO2S.C5H3BrO2S.2C4H12N2.CH4/c1-3-10-18-17(20)15-8-9-16(21-15)19-12(2)11-13-6-4-5-7-14(13)19;1-10-9-11-5-3-4-6-12(11)16(10)14-8-7-13(19-14)15(17)18-2;2*1-8-6-9-4-2-3-5-10(9)7-8;1-2-5-10-8(11)6-3-4-7(9)12-6;1-9-6(8)4-2-3-5(7)10-4;6-4-2-1-3(9-4)5(7)8;2*1-5-3-4-6-2;/h4-9,11H,3,10H2,1-2H3,(H,18,20);3-9H,1-2H3;2*2-6H,7H2,1H3;3-4H,2,5H2,1H3,(H,10,11);2-3H,1H3;1-2H,(H,7,8);2*5-6H,3-4H2,1-2H3;1H4. The van der Waals surface area contributed by atoms with Crippen LogP contribution in [-0.2, 0) is 22.3 Å². The number of hydrogen-bond donors (Lipinski definition) is 7. The number of likely N-dealkylation sites (N-methyl/N-ethyl adjacent to an activating group) is 4. The van der Waals surface area contributed by atoms with Crippen molar-refractivity contribution in [2.45, 2.75) is 74.7 Å². The molecule has 2 amide bonds. The zero-order valence-corrected chi connectivity index (χ0v) is 69.1. The summed E-state index contributed by atoms with van der Waals surface area (Å²) in [5.74, 6) is -1.40. The monoisotopic (exact) mass is 1690 g/mol. The van der Waals surface area contributed by atoms with Crippen LogP contribution >= 0.6 is 104 Å². The van der Waals surface area contributed by atoms with Crippen LogP contribution in [-0.4, -0.2) is 126 Å². The third-order valence-electron chi connectivity index (χ3n) is 14.7. The Hall–Kier alpha value is -7.43. The van der Waals surface area contributed by atoms with Gasteiger partial charge in [-0.3, -0.25) is 9.59 Å². The molecule has 0 saturated heterocycles. The molecular formula is C80H97Br3N8O8S5. The van der Waals surface area contributed by atoms with Gasteiger partial charge < -0.3 is 55.6 Å². The third kappa shape index (κ3) is 29.5. The lowest BCUT2D eigenvalue weighted by molar-refractivity contribution is 0.0597. The summed E-state index contributed by atoms with van der Waals surface area (Å²) in [6.07, 6.45) is 8.74. The van der Waals surface area contributed by atoms with E-state index in [4.69, 9.17) is 9.84 Å².